The zero-order valence-electron chi connectivity index (χ0n) is 6.28. The molecule has 3 N–H and O–H groups in total. The van der Waals surface area contributed by atoms with E-state index < -0.39 is 5.97 Å². The predicted octanol–water partition coefficient (Wildman–Crippen LogP) is 1.04. The molecule has 4 nitrogen and oxygen atoms in total. The molecule has 1 aromatic carbocycles. The van der Waals surface area contributed by atoms with Gasteiger partial charge in [-0.05, 0) is 12.1 Å². The number of aromatic carboxylic acids is 1. The van der Waals surface area contributed by atoms with E-state index in [-0.39, 0.29) is 17.0 Å². The van der Waals surface area contributed by atoms with Crippen LogP contribution in [-0.2, 0) is 4.42 Å². The Kier molecular flexibility index (Phi) is 2.09. The Morgan fingerprint density at radius 1 is 1.58 bits per heavy atom. The first-order valence-corrected chi connectivity index (χ1v) is 3.20. The highest BCUT2D eigenvalue weighted by Crippen LogP contribution is 2.25. The van der Waals surface area contributed by atoms with Crippen molar-refractivity contribution < 1.29 is 14.3 Å². The van der Waals surface area contributed by atoms with E-state index in [1.54, 1.807) is 12.1 Å². The minimum Gasteiger partial charge on any atom is -0.477 e. The van der Waals surface area contributed by atoms with Crippen LogP contribution < -0.4 is 5.73 Å². The summed E-state index contributed by atoms with van der Waals surface area (Å²) in [6.45, 7) is 3.12. The smallest absolute Gasteiger partial charge is 0.388 e. The normalized spacial score (nSPS) is 9.33. The van der Waals surface area contributed by atoms with Crippen LogP contribution in [0.1, 0.15) is 10.4 Å². The molecule has 0 aliphatic carbocycles. The summed E-state index contributed by atoms with van der Waals surface area (Å²) in [6, 6.07) is 4.49. The second kappa shape index (κ2) is 3.04. The first-order chi connectivity index (χ1) is 5.66. The topological polar surface area (TPSA) is 74.6 Å². The molecule has 62 valence electrons. The van der Waals surface area contributed by atoms with E-state index in [9.17, 15) is 4.79 Å². The van der Waals surface area contributed by atoms with Gasteiger partial charge in [0.15, 0.2) is 5.56 Å². The quantitative estimate of drug-likeness (QED) is 0.509. The lowest BCUT2D eigenvalue weighted by molar-refractivity contribution is -0.353. The molecule has 0 aliphatic heterocycles. The van der Waals surface area contributed by atoms with Crippen LogP contribution in [0, 0.1) is 0 Å². The van der Waals surface area contributed by atoms with Crippen LogP contribution in [-0.4, -0.2) is 17.9 Å². The van der Waals surface area contributed by atoms with E-state index in [2.05, 4.69) is 11.2 Å². The highest BCUT2D eigenvalue weighted by Gasteiger charge is 2.20. The minimum absolute atomic E-state index is 0.0185. The zero-order valence-corrected chi connectivity index (χ0v) is 6.28. The maximum atomic E-state index is 10.6. The standard InChI is InChI=1S/C8H7NO3/c1-12-7-5(8(10)11)3-2-4-6(7)9/h2-4H,1,9H2/p+1. The molecule has 1 rings (SSSR count). The Bertz CT molecular complexity index is 333. The number of anilines is 1. The van der Waals surface area contributed by atoms with Gasteiger partial charge >= 0.3 is 11.7 Å². The number of nitrogen functional groups attached to an aromatic ring is 1. The SMILES string of the molecule is C=[O+]c1c(N)cccc1C(=O)O. The molecule has 0 spiro atoms. The van der Waals surface area contributed by atoms with Gasteiger partial charge < -0.3 is 10.8 Å². The Hall–Kier alpha value is -1.84. The molecule has 0 amide bonds. The summed E-state index contributed by atoms with van der Waals surface area (Å²) in [6.07, 6.45) is 0. The van der Waals surface area contributed by atoms with Crippen LogP contribution in [0.4, 0.5) is 5.69 Å². The molecule has 0 radical (unpaired) electrons. The molecular formula is C8H8NO3+. The molecule has 0 atom stereocenters. The van der Waals surface area contributed by atoms with Gasteiger partial charge in [-0.15, -0.1) is 0 Å². The predicted molar refractivity (Wildman–Crippen MR) is 44.4 cm³/mol. The van der Waals surface area contributed by atoms with Crippen LogP contribution in [0.5, 0.6) is 5.75 Å². The van der Waals surface area contributed by atoms with Crippen molar-refractivity contribution in [3.8, 4) is 5.75 Å². The molecule has 0 aromatic heterocycles. The Morgan fingerprint density at radius 3 is 2.67 bits per heavy atom. The Labute approximate surface area is 68.9 Å². The van der Waals surface area contributed by atoms with Crippen molar-refractivity contribution in [3.63, 3.8) is 0 Å². The molecule has 0 unspecified atom stereocenters. The van der Waals surface area contributed by atoms with Crippen LogP contribution in [0.15, 0.2) is 18.2 Å². The Balaban J connectivity index is 3.37. The molecule has 0 fully saturated rings. The van der Waals surface area contributed by atoms with Crippen molar-refractivity contribution >= 4 is 18.4 Å². The second-order valence-corrected chi connectivity index (χ2v) is 2.17. The molecule has 0 saturated heterocycles. The molecule has 0 aliphatic rings. The molecule has 0 saturated carbocycles. The summed E-state index contributed by atoms with van der Waals surface area (Å²) in [4.78, 5) is 10.6. The van der Waals surface area contributed by atoms with Gasteiger partial charge in [-0.25, -0.2) is 9.22 Å². The molecule has 0 heterocycles. The molecule has 1 aromatic rings. The lowest BCUT2D eigenvalue weighted by Gasteiger charge is -1.93. The van der Waals surface area contributed by atoms with E-state index >= 15 is 0 Å². The van der Waals surface area contributed by atoms with Gasteiger partial charge in [-0.2, -0.15) is 0 Å². The zero-order chi connectivity index (χ0) is 9.14. The summed E-state index contributed by atoms with van der Waals surface area (Å²) in [5.41, 5.74) is 5.73. The van der Waals surface area contributed by atoms with Crippen molar-refractivity contribution in [2.24, 2.45) is 0 Å². The van der Waals surface area contributed by atoms with Crippen molar-refractivity contribution in [1.82, 2.24) is 0 Å². The number of carboxylic acids is 1. The van der Waals surface area contributed by atoms with Gasteiger partial charge in [0.25, 0.3) is 6.79 Å². The van der Waals surface area contributed by atoms with E-state index in [1.165, 1.54) is 6.07 Å². The summed E-state index contributed by atoms with van der Waals surface area (Å²) in [5, 5.41) is 8.66. The summed E-state index contributed by atoms with van der Waals surface area (Å²) in [5.74, 6) is -0.981. The summed E-state index contributed by atoms with van der Waals surface area (Å²) in [7, 11) is 0. The first kappa shape index (κ1) is 8.26. The van der Waals surface area contributed by atoms with Gasteiger partial charge in [-0.3, -0.25) is 0 Å². The van der Waals surface area contributed by atoms with E-state index in [1.807, 2.05) is 0 Å². The highest BCUT2D eigenvalue weighted by molar-refractivity contribution is 5.92. The number of hydrogen-bond acceptors (Lipinski definition) is 2. The van der Waals surface area contributed by atoms with Gasteiger partial charge in [-0.1, -0.05) is 6.07 Å². The third-order valence-electron chi connectivity index (χ3n) is 1.42. The van der Waals surface area contributed by atoms with Crippen LogP contribution >= 0.6 is 0 Å². The van der Waals surface area contributed by atoms with Gasteiger partial charge in [0.1, 0.15) is 5.69 Å². The van der Waals surface area contributed by atoms with Gasteiger partial charge in [0.2, 0.25) is 0 Å². The maximum absolute atomic E-state index is 10.6. The van der Waals surface area contributed by atoms with Crippen molar-refractivity contribution in [2.75, 3.05) is 5.73 Å². The van der Waals surface area contributed by atoms with E-state index in [0.29, 0.717) is 0 Å². The average Bonchev–Trinajstić information content (AvgIpc) is 2.03. The first-order valence-electron chi connectivity index (χ1n) is 3.20. The number of carboxylic acid groups (broad SMARTS) is 1. The number of nitrogens with two attached hydrogens (primary N) is 1. The monoisotopic (exact) mass is 166 g/mol. The fourth-order valence-corrected chi connectivity index (χ4v) is 0.884. The summed E-state index contributed by atoms with van der Waals surface area (Å²) >= 11 is 0. The Morgan fingerprint density at radius 2 is 2.25 bits per heavy atom. The third-order valence-corrected chi connectivity index (χ3v) is 1.42. The van der Waals surface area contributed by atoms with Gasteiger partial charge in [0, 0.05) is 0 Å². The fraction of sp³-hybridized carbons (Fsp3) is 0. The largest absolute Gasteiger partial charge is 0.477 e. The number of para-hydroxylation sites is 1. The third kappa shape index (κ3) is 1.27. The molecular weight excluding hydrogens is 158 g/mol. The molecule has 12 heavy (non-hydrogen) atoms. The molecule has 0 bridgehead atoms. The minimum atomic E-state index is -1.08. The number of benzene rings is 1. The lowest BCUT2D eigenvalue weighted by Crippen LogP contribution is -1.99. The number of carbonyl (C=O) groups is 1. The molecule has 4 heteroatoms. The maximum Gasteiger partial charge on any atom is 0.388 e. The van der Waals surface area contributed by atoms with Crippen molar-refractivity contribution in [2.45, 2.75) is 0 Å². The number of rotatable bonds is 2. The summed E-state index contributed by atoms with van der Waals surface area (Å²) < 4.78 is 4.58. The van der Waals surface area contributed by atoms with Crippen molar-refractivity contribution in [3.05, 3.63) is 23.8 Å². The highest BCUT2D eigenvalue weighted by atomic mass is 16.4. The fourth-order valence-electron chi connectivity index (χ4n) is 0.884. The van der Waals surface area contributed by atoms with Crippen LogP contribution in [0.2, 0.25) is 0 Å². The number of hydrogen-bond donors (Lipinski definition) is 2. The van der Waals surface area contributed by atoms with Gasteiger partial charge in [0.05, 0.1) is 0 Å². The number of carbonyl (C=O) groups excluding carboxylic acids is 1. The lowest BCUT2D eigenvalue weighted by atomic mass is 10.2. The van der Waals surface area contributed by atoms with E-state index in [0.717, 1.165) is 0 Å². The van der Waals surface area contributed by atoms with Crippen LogP contribution in [0.3, 0.4) is 0 Å². The average molecular weight is 166 g/mol. The van der Waals surface area contributed by atoms with Crippen molar-refractivity contribution in [1.29, 1.82) is 0 Å². The van der Waals surface area contributed by atoms with E-state index in [4.69, 9.17) is 10.8 Å². The van der Waals surface area contributed by atoms with Crippen LogP contribution in [0.25, 0.3) is 0 Å². The second-order valence-electron chi connectivity index (χ2n) is 2.17.